The van der Waals surface area contributed by atoms with Crippen LogP contribution in [0.2, 0.25) is 0 Å². The smallest absolute Gasteiger partial charge is 0.294 e. The molecule has 1 amide bonds. The van der Waals surface area contributed by atoms with Gasteiger partial charge < -0.3 is 10.2 Å². The molecule has 1 aliphatic heterocycles. The number of aliphatic hydroxyl groups is 1. The summed E-state index contributed by atoms with van der Waals surface area (Å²) in [5.74, 6) is -1.61. The number of Topliss-reactive ketones (excluding diaryl/α,β-unsaturated/α-hetero) is 1. The van der Waals surface area contributed by atoms with Gasteiger partial charge in [0.15, 0.2) is 5.76 Å². The number of phenolic OH excluding ortho intramolecular Hbond substituents is 1. The van der Waals surface area contributed by atoms with Crippen LogP contribution in [0.1, 0.15) is 38.1 Å². The van der Waals surface area contributed by atoms with Gasteiger partial charge in [-0.25, -0.2) is 4.98 Å². The van der Waals surface area contributed by atoms with E-state index in [9.17, 15) is 19.8 Å². The van der Waals surface area contributed by atoms with Gasteiger partial charge in [0, 0.05) is 11.3 Å². The Morgan fingerprint density at radius 3 is 2.28 bits per heavy atom. The number of aliphatic hydroxyl groups excluding tert-OH is 1. The lowest BCUT2D eigenvalue weighted by molar-refractivity contribution is -0.117. The lowest BCUT2D eigenvalue weighted by Crippen LogP contribution is -2.31. The Morgan fingerprint density at radius 2 is 1.61 bits per heavy atom. The number of rotatable bonds is 5. The van der Waals surface area contributed by atoms with Crippen LogP contribution in [-0.4, -0.2) is 26.9 Å². The van der Waals surface area contributed by atoms with Crippen molar-refractivity contribution in [2.24, 2.45) is 0 Å². The summed E-state index contributed by atoms with van der Waals surface area (Å²) in [6, 6.07) is 20.6. The SMILES string of the molecule is Cc1ccc(N2C(=O)C(O)=C(C(=O)c3sc(-c4ccccc4)nc3C)C2c2ccc(O)cc2)cc1C. The van der Waals surface area contributed by atoms with E-state index in [0.29, 0.717) is 26.8 Å². The number of anilines is 1. The molecule has 4 aromatic rings. The van der Waals surface area contributed by atoms with Crippen LogP contribution in [0.15, 0.2) is 84.1 Å². The zero-order valence-electron chi connectivity index (χ0n) is 20.0. The van der Waals surface area contributed by atoms with Gasteiger partial charge in [-0.05, 0) is 61.7 Å². The van der Waals surface area contributed by atoms with Crippen molar-refractivity contribution in [1.29, 1.82) is 0 Å². The Bertz CT molecular complexity index is 1520. The minimum Gasteiger partial charge on any atom is -0.508 e. The maximum atomic E-state index is 13.9. The van der Waals surface area contributed by atoms with E-state index in [-0.39, 0.29) is 11.3 Å². The predicted octanol–water partition coefficient (Wildman–Crippen LogP) is 6.22. The Hall–Kier alpha value is -4.23. The standard InChI is InChI=1S/C29H24N2O4S/c1-16-9-12-21(15-17(16)2)31-24(19-10-13-22(32)14-11-19)23(26(34)29(31)35)25(33)27-18(3)30-28(36-27)20-7-5-4-6-8-20/h4-15,24,32,34H,1-3H3. The zero-order chi connectivity index (χ0) is 25.6. The molecule has 1 unspecified atom stereocenters. The molecule has 5 rings (SSSR count). The van der Waals surface area contributed by atoms with E-state index in [0.717, 1.165) is 16.7 Å². The minimum absolute atomic E-state index is 0.00437. The highest BCUT2D eigenvalue weighted by Gasteiger charge is 2.45. The van der Waals surface area contributed by atoms with Gasteiger partial charge in [0.25, 0.3) is 5.91 Å². The number of aromatic hydroxyl groups is 1. The van der Waals surface area contributed by atoms with Crippen LogP contribution < -0.4 is 4.90 Å². The van der Waals surface area contributed by atoms with Crippen LogP contribution >= 0.6 is 11.3 Å². The predicted molar refractivity (Wildman–Crippen MR) is 141 cm³/mol. The van der Waals surface area contributed by atoms with Gasteiger partial charge in [-0.15, -0.1) is 11.3 Å². The molecule has 2 heterocycles. The van der Waals surface area contributed by atoms with Crippen LogP contribution in [0.5, 0.6) is 5.75 Å². The number of hydrogen-bond acceptors (Lipinski definition) is 6. The molecule has 0 aliphatic carbocycles. The van der Waals surface area contributed by atoms with Crippen molar-refractivity contribution >= 4 is 28.7 Å². The van der Waals surface area contributed by atoms with Crippen LogP contribution in [-0.2, 0) is 4.79 Å². The largest absolute Gasteiger partial charge is 0.508 e. The Balaban J connectivity index is 1.64. The molecule has 6 nitrogen and oxygen atoms in total. The van der Waals surface area contributed by atoms with Gasteiger partial charge in [0.2, 0.25) is 5.78 Å². The number of thiazole rings is 1. The highest BCUT2D eigenvalue weighted by Crippen LogP contribution is 2.43. The molecule has 1 aromatic heterocycles. The molecule has 2 N–H and O–H groups in total. The summed E-state index contributed by atoms with van der Waals surface area (Å²) in [5.41, 5.74) is 4.63. The first kappa shape index (κ1) is 23.5. The summed E-state index contributed by atoms with van der Waals surface area (Å²) >= 11 is 1.24. The number of nitrogens with zero attached hydrogens (tertiary/aromatic N) is 2. The molecular weight excluding hydrogens is 472 g/mol. The Morgan fingerprint density at radius 1 is 0.917 bits per heavy atom. The number of ketones is 1. The fraction of sp³-hybridized carbons (Fsp3) is 0.138. The molecule has 0 radical (unpaired) electrons. The summed E-state index contributed by atoms with van der Waals surface area (Å²) in [7, 11) is 0. The second-order valence-electron chi connectivity index (χ2n) is 8.83. The van der Waals surface area contributed by atoms with Crippen molar-refractivity contribution in [3.8, 4) is 16.3 Å². The van der Waals surface area contributed by atoms with Crippen LogP contribution in [0.4, 0.5) is 5.69 Å². The Kier molecular flexibility index (Phi) is 5.94. The lowest BCUT2D eigenvalue weighted by atomic mass is 9.94. The second kappa shape index (κ2) is 9.09. The molecule has 0 saturated carbocycles. The second-order valence-corrected chi connectivity index (χ2v) is 9.83. The van der Waals surface area contributed by atoms with E-state index in [1.807, 2.05) is 56.3 Å². The number of carbonyl (C=O) groups is 2. The summed E-state index contributed by atoms with van der Waals surface area (Å²) in [6.45, 7) is 5.67. The normalized spacial score (nSPS) is 15.6. The number of phenols is 1. The van der Waals surface area contributed by atoms with Gasteiger partial charge in [0.1, 0.15) is 10.8 Å². The van der Waals surface area contributed by atoms with E-state index in [1.54, 1.807) is 25.1 Å². The highest BCUT2D eigenvalue weighted by molar-refractivity contribution is 7.17. The van der Waals surface area contributed by atoms with Crippen molar-refractivity contribution in [2.75, 3.05) is 4.90 Å². The van der Waals surface area contributed by atoms with Crippen molar-refractivity contribution < 1.29 is 19.8 Å². The average molecular weight is 497 g/mol. The fourth-order valence-corrected chi connectivity index (χ4v) is 5.41. The first-order valence-corrected chi connectivity index (χ1v) is 12.3. The van der Waals surface area contributed by atoms with Crippen molar-refractivity contribution in [1.82, 2.24) is 4.98 Å². The maximum Gasteiger partial charge on any atom is 0.294 e. The molecule has 180 valence electrons. The number of hydrogen-bond donors (Lipinski definition) is 2. The first-order valence-electron chi connectivity index (χ1n) is 11.5. The topological polar surface area (TPSA) is 90.7 Å². The molecule has 0 fully saturated rings. The molecule has 0 spiro atoms. The van der Waals surface area contributed by atoms with E-state index in [2.05, 4.69) is 4.98 Å². The number of benzene rings is 3. The van der Waals surface area contributed by atoms with Crippen molar-refractivity contribution in [3.63, 3.8) is 0 Å². The highest BCUT2D eigenvalue weighted by atomic mass is 32.1. The monoisotopic (exact) mass is 496 g/mol. The third-order valence-corrected chi connectivity index (χ3v) is 7.66. The van der Waals surface area contributed by atoms with Gasteiger partial charge >= 0.3 is 0 Å². The van der Waals surface area contributed by atoms with Gasteiger partial charge in [0.05, 0.1) is 22.2 Å². The third kappa shape index (κ3) is 3.97. The molecule has 7 heteroatoms. The van der Waals surface area contributed by atoms with Crippen LogP contribution in [0.3, 0.4) is 0 Å². The Labute approximate surface area is 212 Å². The quantitative estimate of drug-likeness (QED) is 0.320. The molecule has 0 bridgehead atoms. The first-order chi connectivity index (χ1) is 17.3. The minimum atomic E-state index is -0.866. The van der Waals surface area contributed by atoms with E-state index >= 15 is 0 Å². The van der Waals surface area contributed by atoms with E-state index < -0.39 is 23.5 Å². The number of aryl methyl sites for hydroxylation is 3. The summed E-state index contributed by atoms with van der Waals surface area (Å²) in [4.78, 5) is 33.8. The van der Waals surface area contributed by atoms with E-state index in [4.69, 9.17) is 0 Å². The van der Waals surface area contributed by atoms with Crippen LogP contribution in [0, 0.1) is 20.8 Å². The van der Waals surface area contributed by atoms with E-state index in [1.165, 1.54) is 28.4 Å². The molecule has 3 aromatic carbocycles. The third-order valence-electron chi connectivity index (χ3n) is 6.45. The van der Waals surface area contributed by atoms with Gasteiger partial charge in [-0.1, -0.05) is 48.5 Å². The van der Waals surface area contributed by atoms with Crippen molar-refractivity contribution in [3.05, 3.63) is 111 Å². The zero-order valence-corrected chi connectivity index (χ0v) is 20.8. The summed E-state index contributed by atoms with van der Waals surface area (Å²) in [6.07, 6.45) is 0. The fourth-order valence-electron chi connectivity index (χ4n) is 4.38. The summed E-state index contributed by atoms with van der Waals surface area (Å²) in [5, 5.41) is 21.6. The molecule has 1 aliphatic rings. The van der Waals surface area contributed by atoms with Gasteiger partial charge in [-0.3, -0.25) is 14.5 Å². The average Bonchev–Trinajstić information content (AvgIpc) is 3.39. The molecule has 0 saturated heterocycles. The number of amides is 1. The maximum absolute atomic E-state index is 13.9. The lowest BCUT2D eigenvalue weighted by Gasteiger charge is -2.27. The molecular formula is C29H24N2O4S. The van der Waals surface area contributed by atoms with Crippen molar-refractivity contribution in [2.45, 2.75) is 26.8 Å². The molecule has 1 atom stereocenters. The summed E-state index contributed by atoms with van der Waals surface area (Å²) < 4.78 is 0. The number of carbonyl (C=O) groups excluding carboxylic acids is 2. The van der Waals surface area contributed by atoms with Gasteiger partial charge in [-0.2, -0.15) is 0 Å². The molecule has 36 heavy (non-hydrogen) atoms. The number of aromatic nitrogens is 1. The van der Waals surface area contributed by atoms with Crippen LogP contribution in [0.25, 0.3) is 10.6 Å².